The largest absolute Gasteiger partial charge is 0.465 e. The smallest absolute Gasteiger partial charge is 0.337 e. The number of aromatic nitrogens is 1. The number of carbonyl (C=O) groups is 2. The molecule has 0 saturated heterocycles. The third-order valence-corrected chi connectivity index (χ3v) is 4.95. The van der Waals surface area contributed by atoms with Crippen LogP contribution in [0.5, 0.6) is 0 Å². The second-order valence-corrected chi connectivity index (χ2v) is 6.76. The van der Waals surface area contributed by atoms with E-state index in [0.717, 1.165) is 0 Å². The Balaban J connectivity index is 1.73. The van der Waals surface area contributed by atoms with Crippen LogP contribution in [0.3, 0.4) is 0 Å². The molecule has 27 heavy (non-hydrogen) atoms. The standard InChI is InChI=1S/C22H24N2O3/c1-14-8-10-20-19(12-14)18(15(2)24(20)3)9-11-21(25)23-17-7-5-6-16(13-17)22(26)27-4/h5-8,10,12-13H,9,11H2,1-4H3,(H,23,25). The number of ether oxygens (including phenoxy) is 1. The molecule has 0 aliphatic rings. The number of amides is 1. The summed E-state index contributed by atoms with van der Waals surface area (Å²) in [5.41, 5.74) is 5.77. The third kappa shape index (κ3) is 3.87. The van der Waals surface area contributed by atoms with E-state index in [-0.39, 0.29) is 5.91 Å². The molecule has 0 aliphatic heterocycles. The summed E-state index contributed by atoms with van der Waals surface area (Å²) >= 11 is 0. The highest BCUT2D eigenvalue weighted by molar-refractivity contribution is 5.95. The van der Waals surface area contributed by atoms with Crippen LogP contribution >= 0.6 is 0 Å². The van der Waals surface area contributed by atoms with Gasteiger partial charge in [0.1, 0.15) is 0 Å². The first-order valence-corrected chi connectivity index (χ1v) is 8.93. The van der Waals surface area contributed by atoms with Crippen LogP contribution in [-0.4, -0.2) is 23.6 Å². The number of rotatable bonds is 5. The molecule has 0 atom stereocenters. The Hall–Kier alpha value is -3.08. The summed E-state index contributed by atoms with van der Waals surface area (Å²) in [4.78, 5) is 24.0. The molecular weight excluding hydrogens is 340 g/mol. The molecule has 140 valence electrons. The Morgan fingerprint density at radius 3 is 2.63 bits per heavy atom. The van der Waals surface area contributed by atoms with Gasteiger partial charge in [0.2, 0.25) is 5.91 Å². The molecule has 0 bridgehead atoms. The summed E-state index contributed by atoms with van der Waals surface area (Å²) in [6, 6.07) is 13.2. The van der Waals surface area contributed by atoms with E-state index in [1.807, 2.05) is 0 Å². The monoisotopic (exact) mass is 364 g/mol. The number of fused-ring (bicyclic) bond motifs is 1. The number of anilines is 1. The van der Waals surface area contributed by atoms with E-state index < -0.39 is 5.97 Å². The highest BCUT2D eigenvalue weighted by Gasteiger charge is 2.14. The Kier molecular flexibility index (Phi) is 5.31. The molecule has 2 aromatic carbocycles. The molecule has 0 saturated carbocycles. The van der Waals surface area contributed by atoms with Gasteiger partial charge in [0.25, 0.3) is 0 Å². The Labute approximate surface area is 158 Å². The number of esters is 1. The molecule has 5 heteroatoms. The lowest BCUT2D eigenvalue weighted by Gasteiger charge is -2.07. The molecule has 3 aromatic rings. The fourth-order valence-corrected chi connectivity index (χ4v) is 3.38. The van der Waals surface area contributed by atoms with E-state index >= 15 is 0 Å². The summed E-state index contributed by atoms with van der Waals surface area (Å²) in [6.45, 7) is 4.16. The number of nitrogens with one attached hydrogen (secondary N) is 1. The number of aryl methyl sites for hydroxylation is 3. The van der Waals surface area contributed by atoms with Gasteiger partial charge in [0.05, 0.1) is 12.7 Å². The van der Waals surface area contributed by atoms with Crippen LogP contribution in [0.15, 0.2) is 42.5 Å². The van der Waals surface area contributed by atoms with E-state index in [0.29, 0.717) is 24.1 Å². The fraction of sp³-hybridized carbons (Fsp3) is 0.273. The predicted octanol–water partition coefficient (Wildman–Crippen LogP) is 4.15. The van der Waals surface area contributed by atoms with E-state index in [2.05, 4.69) is 49.0 Å². The molecule has 1 amide bonds. The third-order valence-electron chi connectivity index (χ3n) is 4.95. The van der Waals surface area contributed by atoms with Crippen LogP contribution in [0.2, 0.25) is 0 Å². The Morgan fingerprint density at radius 2 is 1.89 bits per heavy atom. The van der Waals surface area contributed by atoms with Crippen molar-refractivity contribution in [3.63, 3.8) is 0 Å². The van der Waals surface area contributed by atoms with Gasteiger partial charge < -0.3 is 14.6 Å². The number of carbonyl (C=O) groups excluding carboxylic acids is 2. The lowest BCUT2D eigenvalue weighted by molar-refractivity contribution is -0.116. The second kappa shape index (κ2) is 7.66. The van der Waals surface area contributed by atoms with Crippen molar-refractivity contribution in [2.75, 3.05) is 12.4 Å². The number of methoxy groups -OCH3 is 1. The van der Waals surface area contributed by atoms with Crippen molar-refractivity contribution in [3.05, 3.63) is 64.8 Å². The molecule has 0 unspecified atom stereocenters. The first-order valence-electron chi connectivity index (χ1n) is 8.93. The Morgan fingerprint density at radius 1 is 1.11 bits per heavy atom. The minimum Gasteiger partial charge on any atom is -0.465 e. The van der Waals surface area contributed by atoms with Gasteiger partial charge >= 0.3 is 5.97 Å². The van der Waals surface area contributed by atoms with Gasteiger partial charge in [-0.1, -0.05) is 17.7 Å². The Bertz CT molecular complexity index is 1020. The van der Waals surface area contributed by atoms with Crippen LogP contribution in [-0.2, 0) is 23.0 Å². The SMILES string of the molecule is COC(=O)c1cccc(NC(=O)CCc2c(C)n(C)c3ccc(C)cc23)c1. The molecule has 1 heterocycles. The molecular formula is C22H24N2O3. The van der Waals surface area contributed by atoms with Gasteiger partial charge in [-0.25, -0.2) is 4.79 Å². The van der Waals surface area contributed by atoms with Crippen molar-refractivity contribution in [1.29, 1.82) is 0 Å². The van der Waals surface area contributed by atoms with Gasteiger partial charge in [0, 0.05) is 35.8 Å². The molecule has 0 radical (unpaired) electrons. The van der Waals surface area contributed by atoms with Crippen LogP contribution in [0.25, 0.3) is 10.9 Å². The summed E-state index contributed by atoms with van der Waals surface area (Å²) in [5, 5.41) is 4.07. The fourth-order valence-electron chi connectivity index (χ4n) is 3.38. The molecule has 1 aromatic heterocycles. The van der Waals surface area contributed by atoms with Crippen molar-refractivity contribution in [3.8, 4) is 0 Å². The number of nitrogens with zero attached hydrogens (tertiary/aromatic N) is 1. The van der Waals surface area contributed by atoms with Gasteiger partial charge in [0.15, 0.2) is 0 Å². The lowest BCUT2D eigenvalue weighted by atomic mass is 10.0. The summed E-state index contributed by atoms with van der Waals surface area (Å²) in [7, 11) is 3.39. The summed E-state index contributed by atoms with van der Waals surface area (Å²) in [6.07, 6.45) is 1.03. The minimum atomic E-state index is -0.423. The number of hydrogen-bond donors (Lipinski definition) is 1. The topological polar surface area (TPSA) is 60.3 Å². The van der Waals surface area contributed by atoms with Gasteiger partial charge in [-0.05, 0) is 56.2 Å². The maximum Gasteiger partial charge on any atom is 0.337 e. The maximum atomic E-state index is 12.4. The second-order valence-electron chi connectivity index (χ2n) is 6.76. The zero-order valence-corrected chi connectivity index (χ0v) is 16.1. The first kappa shape index (κ1) is 18.7. The number of hydrogen-bond acceptors (Lipinski definition) is 3. The average Bonchev–Trinajstić information content (AvgIpc) is 2.89. The highest BCUT2D eigenvalue weighted by atomic mass is 16.5. The quantitative estimate of drug-likeness (QED) is 0.692. The maximum absolute atomic E-state index is 12.4. The highest BCUT2D eigenvalue weighted by Crippen LogP contribution is 2.27. The van der Waals surface area contributed by atoms with Crippen LogP contribution in [0, 0.1) is 13.8 Å². The molecule has 3 rings (SSSR count). The van der Waals surface area contributed by atoms with Crippen LogP contribution < -0.4 is 5.32 Å². The summed E-state index contributed by atoms with van der Waals surface area (Å²) < 4.78 is 6.88. The van der Waals surface area contributed by atoms with Crippen molar-refractivity contribution in [2.45, 2.75) is 26.7 Å². The van der Waals surface area contributed by atoms with E-state index in [9.17, 15) is 9.59 Å². The zero-order chi connectivity index (χ0) is 19.6. The van der Waals surface area contributed by atoms with Gasteiger partial charge in [-0.3, -0.25) is 4.79 Å². The van der Waals surface area contributed by atoms with E-state index in [4.69, 9.17) is 4.74 Å². The van der Waals surface area contributed by atoms with Crippen molar-refractivity contribution in [2.24, 2.45) is 7.05 Å². The average molecular weight is 364 g/mol. The van der Waals surface area contributed by atoms with Crippen LogP contribution in [0.4, 0.5) is 5.69 Å². The van der Waals surface area contributed by atoms with Gasteiger partial charge in [-0.15, -0.1) is 0 Å². The molecule has 5 nitrogen and oxygen atoms in total. The van der Waals surface area contributed by atoms with Crippen molar-refractivity contribution < 1.29 is 14.3 Å². The normalized spacial score (nSPS) is 10.8. The van der Waals surface area contributed by atoms with E-state index in [1.165, 1.54) is 34.8 Å². The van der Waals surface area contributed by atoms with E-state index in [1.54, 1.807) is 24.3 Å². The first-order chi connectivity index (χ1) is 12.9. The van der Waals surface area contributed by atoms with Crippen molar-refractivity contribution >= 4 is 28.5 Å². The van der Waals surface area contributed by atoms with Crippen molar-refractivity contribution in [1.82, 2.24) is 4.57 Å². The minimum absolute atomic E-state index is 0.0823. The number of benzene rings is 2. The summed E-state index contributed by atoms with van der Waals surface area (Å²) in [5.74, 6) is -0.506. The van der Waals surface area contributed by atoms with Crippen LogP contribution in [0.1, 0.15) is 33.6 Å². The predicted molar refractivity (Wildman–Crippen MR) is 107 cm³/mol. The molecule has 0 spiro atoms. The molecule has 0 fully saturated rings. The van der Waals surface area contributed by atoms with Gasteiger partial charge in [-0.2, -0.15) is 0 Å². The molecule has 0 aliphatic carbocycles. The zero-order valence-electron chi connectivity index (χ0n) is 16.1. The lowest BCUT2D eigenvalue weighted by Crippen LogP contribution is -2.13. The molecule has 1 N–H and O–H groups in total.